The molecule has 6 aliphatic carbocycles. The molecule has 0 heterocycles. The number of benzene rings is 1. The molecule has 1 aromatic rings. The molecule has 6 saturated carbocycles. The van der Waals surface area contributed by atoms with E-state index in [9.17, 15) is 14.7 Å². The summed E-state index contributed by atoms with van der Waals surface area (Å²) in [6.45, 7) is 1.98. The van der Waals surface area contributed by atoms with Crippen LogP contribution in [0.15, 0.2) is 30.3 Å². The average molecular weight is 342 g/mol. The third kappa shape index (κ3) is 1.15. The van der Waals surface area contributed by atoms with Gasteiger partial charge in [0, 0.05) is 11.3 Å². The van der Waals surface area contributed by atoms with Crippen LogP contribution >= 0.6 is 0 Å². The molecule has 1 N–H and O–H groups in total. The zero-order valence-corrected chi connectivity index (χ0v) is 14.6. The van der Waals surface area contributed by atoms with Crippen LogP contribution in [-0.4, -0.2) is 31.3 Å². The summed E-state index contributed by atoms with van der Waals surface area (Å²) in [5.74, 6) is -1.00. The molecule has 1 aromatic carbocycles. The van der Waals surface area contributed by atoms with Crippen LogP contribution in [0.1, 0.15) is 18.9 Å². The number of rotatable bonds is 3. The normalized spacial score (nSPS) is 50.6. The van der Waals surface area contributed by atoms with Gasteiger partial charge in [0.2, 0.25) is 0 Å². The molecule has 0 radical (unpaired) electrons. The summed E-state index contributed by atoms with van der Waals surface area (Å²) in [6.07, 6.45) is 0.787. The van der Waals surface area contributed by atoms with Crippen LogP contribution in [-0.2, 0) is 24.7 Å². The molecule has 8 atom stereocenters. The summed E-state index contributed by atoms with van der Waals surface area (Å²) >= 11 is 0. The lowest BCUT2D eigenvalue weighted by Crippen LogP contribution is -2.63. The molecular weight excluding hydrogens is 320 g/mol. The smallest absolute Gasteiger partial charge is 0.313 e. The summed E-state index contributed by atoms with van der Waals surface area (Å²) in [4.78, 5) is 25.7. The zero-order chi connectivity index (χ0) is 17.8. The molecule has 6 fully saturated rings. The first-order valence-electron chi connectivity index (χ1n) is 8.86. The Morgan fingerprint density at radius 3 is 2.40 bits per heavy atom. The molecule has 5 nitrogen and oxygen atoms in total. The van der Waals surface area contributed by atoms with Gasteiger partial charge >= 0.3 is 11.9 Å². The Balaban J connectivity index is 1.75. The highest BCUT2D eigenvalue weighted by atomic mass is 16.5. The summed E-state index contributed by atoms with van der Waals surface area (Å²) in [7, 11) is 2.74. The lowest BCUT2D eigenvalue weighted by atomic mass is 9.46. The number of carbonyl (C=O) groups excluding carboxylic acids is 2. The highest BCUT2D eigenvalue weighted by molar-refractivity contribution is 5.91. The maximum atomic E-state index is 13.1. The number of ether oxygens (including phenoxy) is 2. The van der Waals surface area contributed by atoms with E-state index in [1.807, 2.05) is 37.3 Å². The predicted molar refractivity (Wildman–Crippen MR) is 87.0 cm³/mol. The van der Waals surface area contributed by atoms with Crippen LogP contribution in [0.2, 0.25) is 0 Å². The minimum atomic E-state index is -1.10. The van der Waals surface area contributed by atoms with Crippen molar-refractivity contribution in [3.8, 4) is 0 Å². The Hall–Kier alpha value is -1.88. The van der Waals surface area contributed by atoms with Gasteiger partial charge in [0.1, 0.15) is 0 Å². The number of hydrogen-bond donors (Lipinski definition) is 1. The van der Waals surface area contributed by atoms with Gasteiger partial charge in [-0.05, 0) is 29.7 Å². The van der Waals surface area contributed by atoms with Crippen molar-refractivity contribution in [1.82, 2.24) is 0 Å². The van der Waals surface area contributed by atoms with Gasteiger partial charge < -0.3 is 14.6 Å². The first-order chi connectivity index (χ1) is 11.9. The van der Waals surface area contributed by atoms with Gasteiger partial charge in [-0.15, -0.1) is 0 Å². The van der Waals surface area contributed by atoms with Crippen molar-refractivity contribution in [1.29, 1.82) is 0 Å². The minimum Gasteiger partial charge on any atom is -0.469 e. The lowest BCUT2D eigenvalue weighted by Gasteiger charge is -2.59. The Kier molecular flexibility index (Phi) is 2.62. The summed E-state index contributed by atoms with van der Waals surface area (Å²) in [6, 6.07) is 9.57. The fourth-order valence-electron chi connectivity index (χ4n) is 7.96. The Morgan fingerprint density at radius 1 is 1.12 bits per heavy atom. The van der Waals surface area contributed by atoms with Crippen LogP contribution in [0.4, 0.5) is 0 Å². The topological polar surface area (TPSA) is 72.8 Å². The maximum absolute atomic E-state index is 13.1. The van der Waals surface area contributed by atoms with Gasteiger partial charge in [-0.1, -0.05) is 37.3 Å². The van der Waals surface area contributed by atoms with Gasteiger partial charge in [-0.2, -0.15) is 0 Å². The summed E-state index contributed by atoms with van der Waals surface area (Å²) < 4.78 is 10.3. The quantitative estimate of drug-likeness (QED) is 0.847. The zero-order valence-electron chi connectivity index (χ0n) is 14.6. The second kappa shape index (κ2) is 4.26. The number of hydrogen-bond acceptors (Lipinski definition) is 5. The van der Waals surface area contributed by atoms with Crippen molar-refractivity contribution in [2.75, 3.05) is 14.2 Å². The van der Waals surface area contributed by atoms with E-state index in [4.69, 9.17) is 9.47 Å². The number of carbonyl (C=O) groups is 2. The third-order valence-corrected chi connectivity index (χ3v) is 8.30. The van der Waals surface area contributed by atoms with Crippen molar-refractivity contribution in [3.63, 3.8) is 0 Å². The molecular formula is C20H22O5. The molecule has 0 aromatic heterocycles. The third-order valence-electron chi connectivity index (χ3n) is 8.30. The van der Waals surface area contributed by atoms with Crippen molar-refractivity contribution in [2.24, 2.45) is 40.4 Å². The molecule has 0 aliphatic heterocycles. The number of esters is 2. The summed E-state index contributed by atoms with van der Waals surface area (Å²) in [5.41, 5.74) is -1.96. The standard InChI is InChI=1S/C20H22O5/c1-18-13-11-9-12(15(13)20(18,23)10-7-5-4-6-8-10)19(18,17(22)25-3)14(11)16(21)24-2/h4-8,11-15,23H,9H2,1-3H3/t11-,12+,13-,14-,15+,18+,19-,20-/m1/s1. The van der Waals surface area contributed by atoms with E-state index in [1.54, 1.807) is 0 Å². The number of methoxy groups -OCH3 is 2. The minimum absolute atomic E-state index is 0.00454. The van der Waals surface area contributed by atoms with E-state index in [0.29, 0.717) is 0 Å². The molecule has 132 valence electrons. The Labute approximate surface area is 146 Å². The van der Waals surface area contributed by atoms with Gasteiger partial charge in [0.25, 0.3) is 0 Å². The van der Waals surface area contributed by atoms with Gasteiger partial charge in [-0.3, -0.25) is 9.59 Å². The Bertz CT molecular complexity index is 791. The van der Waals surface area contributed by atoms with Crippen LogP contribution in [0.5, 0.6) is 0 Å². The maximum Gasteiger partial charge on any atom is 0.313 e. The van der Waals surface area contributed by atoms with E-state index >= 15 is 0 Å². The molecule has 6 aliphatic rings. The highest BCUT2D eigenvalue weighted by Crippen LogP contribution is 2.95. The second-order valence-corrected chi connectivity index (χ2v) is 8.25. The van der Waals surface area contributed by atoms with Crippen molar-refractivity contribution in [2.45, 2.75) is 18.9 Å². The molecule has 6 bridgehead atoms. The molecule has 0 saturated heterocycles. The van der Waals surface area contributed by atoms with E-state index < -0.39 is 22.3 Å². The van der Waals surface area contributed by atoms with Crippen molar-refractivity contribution >= 4 is 11.9 Å². The van der Waals surface area contributed by atoms with E-state index in [1.165, 1.54) is 14.2 Å². The average Bonchev–Trinajstić information content (AvgIpc) is 3.33. The van der Waals surface area contributed by atoms with Gasteiger partial charge in [-0.25, -0.2) is 0 Å². The number of aliphatic hydroxyl groups is 1. The molecule has 0 unspecified atom stereocenters. The summed E-state index contributed by atoms with van der Waals surface area (Å²) in [5, 5.41) is 11.8. The molecule has 0 amide bonds. The first-order valence-corrected chi connectivity index (χ1v) is 8.86. The molecule has 25 heavy (non-hydrogen) atoms. The van der Waals surface area contributed by atoms with Crippen LogP contribution in [0.3, 0.4) is 0 Å². The first kappa shape index (κ1) is 15.4. The second-order valence-electron chi connectivity index (χ2n) is 8.25. The lowest BCUT2D eigenvalue weighted by molar-refractivity contribution is -0.234. The van der Waals surface area contributed by atoms with Crippen LogP contribution < -0.4 is 0 Å². The van der Waals surface area contributed by atoms with Gasteiger partial charge in [0.15, 0.2) is 0 Å². The Morgan fingerprint density at radius 2 is 1.80 bits per heavy atom. The molecule has 5 heteroatoms. The van der Waals surface area contributed by atoms with E-state index in [-0.39, 0.29) is 35.6 Å². The van der Waals surface area contributed by atoms with E-state index in [0.717, 1.165) is 12.0 Å². The SMILES string of the molecule is COC(=O)[C@H]1[C@@H]2C[C@H]3[C@H]4[C@@H]2[C@@](C)([C@]31C(=O)OC)[C@@]4(O)c1ccccc1. The fraction of sp³-hybridized carbons (Fsp3) is 0.600. The highest BCUT2D eigenvalue weighted by Gasteiger charge is 2.99. The van der Waals surface area contributed by atoms with E-state index in [2.05, 4.69) is 0 Å². The monoisotopic (exact) mass is 342 g/mol. The van der Waals surface area contributed by atoms with Gasteiger partial charge in [0.05, 0.1) is 31.2 Å². The predicted octanol–water partition coefficient (Wildman–Crippen LogP) is 1.74. The van der Waals surface area contributed by atoms with Crippen LogP contribution in [0, 0.1) is 40.4 Å². The largest absolute Gasteiger partial charge is 0.469 e. The van der Waals surface area contributed by atoms with Crippen LogP contribution in [0.25, 0.3) is 0 Å². The fourth-order valence-corrected chi connectivity index (χ4v) is 7.96. The van der Waals surface area contributed by atoms with Crippen molar-refractivity contribution < 1.29 is 24.2 Å². The molecule has 0 spiro atoms. The molecule has 7 rings (SSSR count). The van der Waals surface area contributed by atoms with Crippen molar-refractivity contribution in [3.05, 3.63) is 35.9 Å².